The summed E-state index contributed by atoms with van der Waals surface area (Å²) >= 11 is 6.24. The highest BCUT2D eigenvalue weighted by Crippen LogP contribution is 2.25. The number of carbonyl (C=O) groups is 1. The molecule has 1 fully saturated rings. The number of nitrogens with two attached hydrogens (primary N) is 1. The first-order chi connectivity index (χ1) is 9.13. The van der Waals surface area contributed by atoms with Crippen LogP contribution in [-0.2, 0) is 0 Å². The molecule has 0 radical (unpaired) electrons. The predicted molar refractivity (Wildman–Crippen MR) is 85.7 cm³/mol. The monoisotopic (exact) mass is 316 g/mol. The molecule has 1 heterocycles. The average Bonchev–Trinajstić information content (AvgIpc) is 2.42. The quantitative estimate of drug-likeness (QED) is 0.930. The van der Waals surface area contributed by atoms with Crippen molar-refractivity contribution in [3.05, 3.63) is 34.3 Å². The zero-order valence-corrected chi connectivity index (χ0v) is 13.3. The van der Waals surface area contributed by atoms with Gasteiger partial charge in [0.1, 0.15) is 0 Å². The van der Waals surface area contributed by atoms with Crippen LogP contribution in [0.25, 0.3) is 0 Å². The van der Waals surface area contributed by atoms with Gasteiger partial charge in [-0.05, 0) is 50.3 Å². The lowest BCUT2D eigenvalue weighted by Gasteiger charge is -2.33. The van der Waals surface area contributed by atoms with E-state index in [0.29, 0.717) is 23.0 Å². The standard InChI is InChI=1S/C15H21ClN2O.ClH/c1-11-4-2-6-13(14(11)16)15(19)18-9-3-5-12(10-18)7-8-17;/h2,4,6,12H,3,5,7-10,17H2,1H3;1H. The summed E-state index contributed by atoms with van der Waals surface area (Å²) in [6.07, 6.45) is 3.22. The van der Waals surface area contributed by atoms with Crippen molar-refractivity contribution < 1.29 is 4.79 Å². The van der Waals surface area contributed by atoms with E-state index < -0.39 is 0 Å². The van der Waals surface area contributed by atoms with E-state index in [1.54, 1.807) is 0 Å². The van der Waals surface area contributed by atoms with Crippen LogP contribution in [0.15, 0.2) is 18.2 Å². The van der Waals surface area contributed by atoms with E-state index >= 15 is 0 Å². The lowest BCUT2D eigenvalue weighted by atomic mass is 9.94. The van der Waals surface area contributed by atoms with Crippen molar-refractivity contribution >= 4 is 29.9 Å². The number of rotatable bonds is 3. The molecule has 1 aliphatic rings. The summed E-state index contributed by atoms with van der Waals surface area (Å²) in [6, 6.07) is 5.62. The summed E-state index contributed by atoms with van der Waals surface area (Å²) < 4.78 is 0. The zero-order chi connectivity index (χ0) is 13.8. The molecule has 1 amide bonds. The van der Waals surface area contributed by atoms with Gasteiger partial charge in [-0.3, -0.25) is 4.79 Å². The Labute approximate surface area is 131 Å². The van der Waals surface area contributed by atoms with Gasteiger partial charge in [0.2, 0.25) is 0 Å². The summed E-state index contributed by atoms with van der Waals surface area (Å²) in [5.74, 6) is 0.585. The Kier molecular flexibility index (Phi) is 6.80. The predicted octanol–water partition coefficient (Wildman–Crippen LogP) is 3.27. The van der Waals surface area contributed by atoms with Crippen molar-refractivity contribution in [2.75, 3.05) is 19.6 Å². The lowest BCUT2D eigenvalue weighted by molar-refractivity contribution is 0.0669. The van der Waals surface area contributed by atoms with Crippen molar-refractivity contribution in [1.82, 2.24) is 4.90 Å². The SMILES string of the molecule is Cc1cccc(C(=O)N2CCCC(CCN)C2)c1Cl.Cl. The number of hydrogen-bond donors (Lipinski definition) is 1. The first-order valence-electron chi connectivity index (χ1n) is 6.88. The molecule has 0 spiro atoms. The second-order valence-corrected chi connectivity index (χ2v) is 5.65. The highest BCUT2D eigenvalue weighted by atomic mass is 35.5. The number of halogens is 2. The van der Waals surface area contributed by atoms with Crippen molar-refractivity contribution in [3.8, 4) is 0 Å². The Hall–Kier alpha value is -0.770. The lowest BCUT2D eigenvalue weighted by Crippen LogP contribution is -2.40. The molecule has 0 aliphatic carbocycles. The Morgan fingerprint density at radius 3 is 2.95 bits per heavy atom. The Balaban J connectivity index is 0.00000200. The van der Waals surface area contributed by atoms with Gasteiger partial charge in [0.15, 0.2) is 0 Å². The minimum atomic E-state index is 0. The van der Waals surface area contributed by atoms with Crippen LogP contribution in [0.1, 0.15) is 35.2 Å². The van der Waals surface area contributed by atoms with Crippen LogP contribution in [0.5, 0.6) is 0 Å². The fraction of sp³-hybridized carbons (Fsp3) is 0.533. The van der Waals surface area contributed by atoms with E-state index in [2.05, 4.69) is 0 Å². The van der Waals surface area contributed by atoms with E-state index in [1.165, 1.54) is 6.42 Å². The topological polar surface area (TPSA) is 46.3 Å². The first-order valence-corrected chi connectivity index (χ1v) is 7.25. The number of amides is 1. The normalized spacial score (nSPS) is 18.6. The average molecular weight is 317 g/mol. The maximum atomic E-state index is 12.5. The molecule has 3 nitrogen and oxygen atoms in total. The molecule has 1 aromatic carbocycles. The highest BCUT2D eigenvalue weighted by molar-refractivity contribution is 6.34. The molecule has 2 rings (SSSR count). The van der Waals surface area contributed by atoms with Crippen LogP contribution < -0.4 is 5.73 Å². The summed E-state index contributed by atoms with van der Waals surface area (Å²) in [6.45, 7) is 4.24. The highest BCUT2D eigenvalue weighted by Gasteiger charge is 2.25. The molecule has 0 bridgehead atoms. The largest absolute Gasteiger partial charge is 0.338 e. The number of carbonyl (C=O) groups excluding carboxylic acids is 1. The minimum Gasteiger partial charge on any atom is -0.338 e. The second-order valence-electron chi connectivity index (χ2n) is 5.27. The number of likely N-dealkylation sites (tertiary alicyclic amines) is 1. The van der Waals surface area contributed by atoms with E-state index in [-0.39, 0.29) is 18.3 Å². The molecule has 2 N–H and O–H groups in total. The molecule has 0 aromatic heterocycles. The Bertz CT molecular complexity index is 463. The molecular formula is C15H22Cl2N2O. The first kappa shape index (κ1) is 17.3. The third-order valence-corrected chi connectivity index (χ3v) is 4.31. The van der Waals surface area contributed by atoms with Crippen LogP contribution in [0.3, 0.4) is 0 Å². The number of piperidine rings is 1. The van der Waals surface area contributed by atoms with Crippen molar-refractivity contribution in [3.63, 3.8) is 0 Å². The third kappa shape index (κ3) is 3.87. The van der Waals surface area contributed by atoms with Crippen molar-refractivity contribution in [2.24, 2.45) is 11.7 Å². The van der Waals surface area contributed by atoms with Crippen LogP contribution in [0.4, 0.5) is 0 Å². The van der Waals surface area contributed by atoms with E-state index in [9.17, 15) is 4.79 Å². The van der Waals surface area contributed by atoms with Gasteiger partial charge in [-0.15, -0.1) is 12.4 Å². The van der Waals surface area contributed by atoms with E-state index in [0.717, 1.165) is 31.5 Å². The number of hydrogen-bond acceptors (Lipinski definition) is 2. The summed E-state index contributed by atoms with van der Waals surface area (Å²) in [4.78, 5) is 14.5. The maximum absolute atomic E-state index is 12.5. The van der Waals surface area contributed by atoms with Crippen LogP contribution in [0.2, 0.25) is 5.02 Å². The molecule has 1 atom stereocenters. The number of aryl methyl sites for hydroxylation is 1. The van der Waals surface area contributed by atoms with Gasteiger partial charge in [-0.25, -0.2) is 0 Å². The molecule has 20 heavy (non-hydrogen) atoms. The van der Waals surface area contributed by atoms with Gasteiger partial charge in [0.25, 0.3) is 5.91 Å². The minimum absolute atomic E-state index is 0. The van der Waals surface area contributed by atoms with Crippen LogP contribution in [-0.4, -0.2) is 30.4 Å². The zero-order valence-electron chi connectivity index (χ0n) is 11.8. The van der Waals surface area contributed by atoms with Gasteiger partial charge in [0.05, 0.1) is 10.6 Å². The molecule has 1 unspecified atom stereocenters. The molecule has 112 valence electrons. The van der Waals surface area contributed by atoms with Gasteiger partial charge < -0.3 is 10.6 Å². The molecule has 1 aromatic rings. The molecular weight excluding hydrogens is 295 g/mol. The van der Waals surface area contributed by atoms with Gasteiger partial charge in [-0.2, -0.15) is 0 Å². The fourth-order valence-corrected chi connectivity index (χ4v) is 2.91. The fourth-order valence-electron chi connectivity index (χ4n) is 2.70. The van der Waals surface area contributed by atoms with Crippen LogP contribution in [0, 0.1) is 12.8 Å². The van der Waals surface area contributed by atoms with Crippen molar-refractivity contribution in [1.29, 1.82) is 0 Å². The summed E-state index contributed by atoms with van der Waals surface area (Å²) in [7, 11) is 0. The summed E-state index contributed by atoms with van der Waals surface area (Å²) in [5, 5.41) is 0.577. The van der Waals surface area contributed by atoms with Crippen molar-refractivity contribution in [2.45, 2.75) is 26.2 Å². The van der Waals surface area contributed by atoms with Gasteiger partial charge in [0, 0.05) is 13.1 Å². The van der Waals surface area contributed by atoms with Gasteiger partial charge >= 0.3 is 0 Å². The molecule has 1 saturated heterocycles. The molecule has 1 aliphatic heterocycles. The maximum Gasteiger partial charge on any atom is 0.255 e. The van der Waals surface area contributed by atoms with E-state index in [1.807, 2.05) is 30.0 Å². The Morgan fingerprint density at radius 1 is 1.50 bits per heavy atom. The second kappa shape index (κ2) is 7.87. The van der Waals surface area contributed by atoms with E-state index in [4.69, 9.17) is 17.3 Å². The molecule has 5 heteroatoms. The van der Waals surface area contributed by atoms with Gasteiger partial charge in [-0.1, -0.05) is 23.7 Å². The smallest absolute Gasteiger partial charge is 0.255 e. The number of nitrogens with zero attached hydrogens (tertiary/aromatic N) is 1. The Morgan fingerprint density at radius 2 is 2.25 bits per heavy atom. The summed E-state index contributed by atoms with van der Waals surface area (Å²) in [5.41, 5.74) is 7.18. The number of benzene rings is 1. The third-order valence-electron chi connectivity index (χ3n) is 3.80. The van der Waals surface area contributed by atoms with Crippen LogP contribution >= 0.6 is 24.0 Å². The molecule has 0 saturated carbocycles.